The van der Waals surface area contributed by atoms with Gasteiger partial charge in [0.2, 0.25) is 5.91 Å². The van der Waals surface area contributed by atoms with Gasteiger partial charge in [-0.3, -0.25) is 4.79 Å². The highest BCUT2D eigenvalue weighted by molar-refractivity contribution is 7.99. The Bertz CT molecular complexity index is 522. The number of hydrogen-bond acceptors (Lipinski definition) is 3. The molecule has 2 rings (SSSR count). The minimum Gasteiger partial charge on any atom is -0.336 e. The Balaban J connectivity index is 0.00000264. The van der Waals surface area contributed by atoms with Crippen LogP contribution in [-0.2, 0) is 11.3 Å². The molecule has 0 radical (unpaired) electrons. The number of nitrogens with one attached hydrogen (secondary N) is 1. The standard InChI is InChI=1S/C16H22Cl2N2OS.ClH/c1-11(2)20(9-12-3-4-14(17)15(18)7-12)16(21)8-13-10-22-6-5-19-13;/h3-4,7,11,13,19H,5-6,8-10H2,1-2H3;1H. The molecule has 1 unspecified atom stereocenters. The van der Waals surface area contributed by atoms with Crippen molar-refractivity contribution >= 4 is 53.3 Å². The molecule has 1 aliphatic rings. The van der Waals surface area contributed by atoms with Gasteiger partial charge in [0.1, 0.15) is 0 Å². The molecule has 1 heterocycles. The zero-order valence-corrected chi connectivity index (χ0v) is 16.5. The van der Waals surface area contributed by atoms with Crippen molar-refractivity contribution in [2.24, 2.45) is 0 Å². The summed E-state index contributed by atoms with van der Waals surface area (Å²) in [5.41, 5.74) is 1.00. The van der Waals surface area contributed by atoms with Crippen LogP contribution in [0.5, 0.6) is 0 Å². The van der Waals surface area contributed by atoms with Crippen LogP contribution in [0, 0.1) is 0 Å². The second-order valence-electron chi connectivity index (χ2n) is 5.79. The predicted molar refractivity (Wildman–Crippen MR) is 103 cm³/mol. The molecule has 1 aliphatic heterocycles. The van der Waals surface area contributed by atoms with E-state index in [-0.39, 0.29) is 30.4 Å². The number of nitrogens with zero attached hydrogens (tertiary/aromatic N) is 1. The van der Waals surface area contributed by atoms with Crippen LogP contribution in [-0.4, -0.2) is 40.9 Å². The lowest BCUT2D eigenvalue weighted by Crippen LogP contribution is -2.44. The number of hydrogen-bond donors (Lipinski definition) is 1. The third-order valence-electron chi connectivity index (χ3n) is 3.70. The molecular formula is C16H23Cl3N2OS. The maximum absolute atomic E-state index is 12.6. The molecule has 1 saturated heterocycles. The van der Waals surface area contributed by atoms with Crippen LogP contribution in [0.4, 0.5) is 0 Å². The van der Waals surface area contributed by atoms with Gasteiger partial charge < -0.3 is 10.2 Å². The highest BCUT2D eigenvalue weighted by Crippen LogP contribution is 2.24. The molecule has 1 atom stereocenters. The van der Waals surface area contributed by atoms with Crippen molar-refractivity contribution in [2.45, 2.75) is 38.9 Å². The molecule has 0 aromatic heterocycles. The van der Waals surface area contributed by atoms with Gasteiger partial charge in [0, 0.05) is 43.1 Å². The van der Waals surface area contributed by atoms with E-state index in [0.29, 0.717) is 23.0 Å². The zero-order valence-electron chi connectivity index (χ0n) is 13.4. The van der Waals surface area contributed by atoms with E-state index in [0.717, 1.165) is 23.6 Å². The van der Waals surface area contributed by atoms with E-state index >= 15 is 0 Å². The Morgan fingerprint density at radius 1 is 1.39 bits per heavy atom. The average Bonchev–Trinajstić information content (AvgIpc) is 2.49. The van der Waals surface area contributed by atoms with Crippen LogP contribution in [0.15, 0.2) is 18.2 Å². The third kappa shape index (κ3) is 6.35. The highest BCUT2D eigenvalue weighted by atomic mass is 35.5. The fourth-order valence-corrected chi connectivity index (χ4v) is 3.74. The second-order valence-corrected chi connectivity index (χ2v) is 7.76. The van der Waals surface area contributed by atoms with Gasteiger partial charge in [-0.25, -0.2) is 0 Å². The normalized spacial score (nSPS) is 17.7. The van der Waals surface area contributed by atoms with Crippen molar-refractivity contribution in [3.05, 3.63) is 33.8 Å². The van der Waals surface area contributed by atoms with Gasteiger partial charge in [-0.1, -0.05) is 29.3 Å². The van der Waals surface area contributed by atoms with Gasteiger partial charge >= 0.3 is 0 Å². The topological polar surface area (TPSA) is 32.3 Å². The van der Waals surface area contributed by atoms with Gasteiger partial charge in [0.25, 0.3) is 0 Å². The van der Waals surface area contributed by atoms with Crippen molar-refractivity contribution < 1.29 is 4.79 Å². The summed E-state index contributed by atoms with van der Waals surface area (Å²) in [6.45, 7) is 5.63. The van der Waals surface area contributed by atoms with Crippen LogP contribution in [0.3, 0.4) is 0 Å². The minimum atomic E-state index is 0. The molecule has 0 aliphatic carbocycles. The minimum absolute atomic E-state index is 0. The predicted octanol–water partition coefficient (Wildman–Crippen LogP) is 4.25. The maximum atomic E-state index is 12.6. The molecule has 1 aromatic rings. The number of amides is 1. The summed E-state index contributed by atoms with van der Waals surface area (Å²) in [4.78, 5) is 14.5. The summed E-state index contributed by atoms with van der Waals surface area (Å²) in [6.07, 6.45) is 0.548. The van der Waals surface area contributed by atoms with E-state index in [2.05, 4.69) is 5.32 Å². The van der Waals surface area contributed by atoms with E-state index in [9.17, 15) is 4.79 Å². The quantitative estimate of drug-likeness (QED) is 0.806. The van der Waals surface area contributed by atoms with Crippen LogP contribution < -0.4 is 5.32 Å². The SMILES string of the molecule is CC(C)N(Cc1ccc(Cl)c(Cl)c1)C(=O)CC1CSCCN1.Cl. The van der Waals surface area contributed by atoms with Crippen molar-refractivity contribution in [3.63, 3.8) is 0 Å². The highest BCUT2D eigenvalue weighted by Gasteiger charge is 2.23. The summed E-state index contributed by atoms with van der Waals surface area (Å²) >= 11 is 13.9. The van der Waals surface area contributed by atoms with Gasteiger partial charge in [-0.15, -0.1) is 12.4 Å². The Hall–Kier alpha value is -0.130. The Morgan fingerprint density at radius 2 is 2.13 bits per heavy atom. The lowest BCUT2D eigenvalue weighted by atomic mass is 10.1. The Morgan fingerprint density at radius 3 is 2.70 bits per heavy atom. The molecule has 3 nitrogen and oxygen atoms in total. The van der Waals surface area contributed by atoms with Crippen molar-refractivity contribution in [1.29, 1.82) is 0 Å². The molecule has 1 aromatic carbocycles. The lowest BCUT2D eigenvalue weighted by molar-refractivity contribution is -0.134. The number of rotatable bonds is 5. The number of thioether (sulfide) groups is 1. The van der Waals surface area contributed by atoms with E-state index in [1.165, 1.54) is 0 Å². The molecule has 1 fully saturated rings. The average molecular weight is 398 g/mol. The molecule has 0 bridgehead atoms. The van der Waals surface area contributed by atoms with Gasteiger partial charge in [0.15, 0.2) is 0 Å². The summed E-state index contributed by atoms with van der Waals surface area (Å²) in [7, 11) is 0. The first-order valence-electron chi connectivity index (χ1n) is 7.52. The summed E-state index contributed by atoms with van der Waals surface area (Å²) < 4.78 is 0. The van der Waals surface area contributed by atoms with Crippen LogP contribution in [0.2, 0.25) is 10.0 Å². The monoisotopic (exact) mass is 396 g/mol. The first-order chi connectivity index (χ1) is 10.5. The molecule has 130 valence electrons. The van der Waals surface area contributed by atoms with Crippen LogP contribution in [0.1, 0.15) is 25.8 Å². The fraction of sp³-hybridized carbons (Fsp3) is 0.562. The van der Waals surface area contributed by atoms with E-state index < -0.39 is 0 Å². The Labute approximate surface area is 158 Å². The smallest absolute Gasteiger partial charge is 0.224 e. The first kappa shape index (κ1) is 20.9. The summed E-state index contributed by atoms with van der Waals surface area (Å²) in [5.74, 6) is 2.31. The first-order valence-corrected chi connectivity index (χ1v) is 9.43. The molecule has 1 amide bonds. The zero-order chi connectivity index (χ0) is 16.1. The molecule has 1 N–H and O–H groups in total. The van der Waals surface area contributed by atoms with Crippen molar-refractivity contribution in [1.82, 2.24) is 10.2 Å². The molecule has 23 heavy (non-hydrogen) atoms. The van der Waals surface area contributed by atoms with Crippen LogP contribution in [0.25, 0.3) is 0 Å². The molecule has 7 heteroatoms. The molecular weight excluding hydrogens is 375 g/mol. The number of halogens is 3. The van der Waals surface area contributed by atoms with E-state index in [1.807, 2.05) is 42.6 Å². The maximum Gasteiger partial charge on any atom is 0.224 e. The van der Waals surface area contributed by atoms with Gasteiger partial charge in [-0.05, 0) is 31.5 Å². The van der Waals surface area contributed by atoms with Crippen molar-refractivity contribution in [3.8, 4) is 0 Å². The Kier molecular flexibility index (Phi) is 9.09. The summed E-state index contributed by atoms with van der Waals surface area (Å²) in [6, 6.07) is 5.97. The largest absolute Gasteiger partial charge is 0.336 e. The van der Waals surface area contributed by atoms with Gasteiger partial charge in [-0.2, -0.15) is 11.8 Å². The van der Waals surface area contributed by atoms with Crippen LogP contribution >= 0.6 is 47.4 Å². The number of benzene rings is 1. The molecule has 0 spiro atoms. The number of carbonyl (C=O) groups is 1. The summed E-state index contributed by atoms with van der Waals surface area (Å²) in [5, 5.41) is 4.48. The van der Waals surface area contributed by atoms with Crippen molar-refractivity contribution in [2.75, 3.05) is 18.1 Å². The third-order valence-corrected chi connectivity index (χ3v) is 5.57. The second kappa shape index (κ2) is 10.00. The van der Waals surface area contributed by atoms with Gasteiger partial charge in [0.05, 0.1) is 10.0 Å². The fourth-order valence-electron chi connectivity index (χ4n) is 2.47. The van der Waals surface area contributed by atoms with E-state index in [1.54, 1.807) is 6.07 Å². The van der Waals surface area contributed by atoms with E-state index in [4.69, 9.17) is 23.2 Å². The lowest BCUT2D eigenvalue weighted by Gasteiger charge is -2.30. The molecule has 0 saturated carbocycles. The number of carbonyl (C=O) groups excluding carboxylic acids is 1.